The number of benzene rings is 1. The van der Waals surface area contributed by atoms with Crippen LogP contribution in [0.25, 0.3) is 0 Å². The highest BCUT2D eigenvalue weighted by Crippen LogP contribution is 2.12. The normalized spacial score (nSPS) is 10.9. The Bertz CT molecular complexity index is 529. The lowest BCUT2D eigenvalue weighted by Crippen LogP contribution is -2.17. The van der Waals surface area contributed by atoms with Crippen molar-refractivity contribution >= 4 is 0 Å². The van der Waals surface area contributed by atoms with Crippen LogP contribution in [0.4, 0.5) is 0 Å². The van der Waals surface area contributed by atoms with Crippen molar-refractivity contribution in [3.63, 3.8) is 0 Å². The van der Waals surface area contributed by atoms with Gasteiger partial charge in [-0.05, 0) is 49.6 Å². The van der Waals surface area contributed by atoms with Crippen LogP contribution in [0.2, 0.25) is 0 Å². The summed E-state index contributed by atoms with van der Waals surface area (Å²) in [6.07, 6.45) is 3.04. The van der Waals surface area contributed by atoms with Gasteiger partial charge in [0.1, 0.15) is 0 Å². The van der Waals surface area contributed by atoms with Crippen molar-refractivity contribution in [1.29, 1.82) is 0 Å². The smallest absolute Gasteiger partial charge is 0.0663 e. The molecule has 2 aromatic rings. The molecule has 1 heterocycles. The Kier molecular flexibility index (Phi) is 4.74. The van der Waals surface area contributed by atoms with Crippen LogP contribution in [0.15, 0.2) is 30.5 Å². The van der Waals surface area contributed by atoms with E-state index in [0.29, 0.717) is 0 Å². The molecule has 0 bridgehead atoms. The summed E-state index contributed by atoms with van der Waals surface area (Å²) in [5, 5.41) is 7.84. The highest BCUT2D eigenvalue weighted by molar-refractivity contribution is 5.30. The van der Waals surface area contributed by atoms with E-state index in [-0.39, 0.29) is 0 Å². The highest BCUT2D eigenvalue weighted by Gasteiger charge is 2.04. The Balaban J connectivity index is 2.06. The minimum absolute atomic E-state index is 0.845. The Morgan fingerprint density at radius 2 is 2.00 bits per heavy atom. The standard InChI is InChI=1S/C16H23N3/c1-4-8-17-11-16-7-9-18-19(16)12-15-6-5-13(2)14(3)10-15/h5-7,9-10,17H,4,8,11-12H2,1-3H3. The molecule has 1 aromatic carbocycles. The zero-order chi connectivity index (χ0) is 13.7. The van der Waals surface area contributed by atoms with Crippen molar-refractivity contribution in [3.8, 4) is 0 Å². The fourth-order valence-electron chi connectivity index (χ4n) is 2.12. The number of hydrogen-bond donors (Lipinski definition) is 1. The Labute approximate surface area is 115 Å². The van der Waals surface area contributed by atoms with Gasteiger partial charge < -0.3 is 5.32 Å². The maximum absolute atomic E-state index is 4.42. The Morgan fingerprint density at radius 1 is 1.16 bits per heavy atom. The molecule has 0 unspecified atom stereocenters. The third-order valence-electron chi connectivity index (χ3n) is 3.44. The summed E-state index contributed by atoms with van der Waals surface area (Å²) >= 11 is 0. The monoisotopic (exact) mass is 257 g/mol. The van der Waals surface area contributed by atoms with Crippen molar-refractivity contribution < 1.29 is 0 Å². The van der Waals surface area contributed by atoms with Gasteiger partial charge in [0.25, 0.3) is 0 Å². The van der Waals surface area contributed by atoms with Gasteiger partial charge in [-0.15, -0.1) is 0 Å². The van der Waals surface area contributed by atoms with Crippen LogP contribution in [0.1, 0.15) is 35.7 Å². The molecule has 1 aromatic heterocycles. The van der Waals surface area contributed by atoms with Gasteiger partial charge in [0.2, 0.25) is 0 Å². The van der Waals surface area contributed by atoms with Crippen molar-refractivity contribution in [3.05, 3.63) is 52.8 Å². The summed E-state index contributed by atoms with van der Waals surface area (Å²) < 4.78 is 2.08. The zero-order valence-electron chi connectivity index (χ0n) is 12.1. The van der Waals surface area contributed by atoms with E-state index in [1.54, 1.807) is 0 Å². The molecular formula is C16H23N3. The number of aryl methyl sites for hydroxylation is 2. The minimum Gasteiger partial charge on any atom is -0.311 e. The summed E-state index contributed by atoms with van der Waals surface area (Å²) in [6.45, 7) is 9.27. The van der Waals surface area contributed by atoms with E-state index in [1.165, 1.54) is 22.4 Å². The first-order valence-electron chi connectivity index (χ1n) is 6.98. The lowest BCUT2D eigenvalue weighted by molar-refractivity contribution is 0.592. The van der Waals surface area contributed by atoms with E-state index in [4.69, 9.17) is 0 Å². The predicted octanol–water partition coefficient (Wildman–Crippen LogP) is 3.05. The zero-order valence-corrected chi connectivity index (χ0v) is 12.1. The molecular weight excluding hydrogens is 234 g/mol. The molecule has 0 atom stereocenters. The number of nitrogens with one attached hydrogen (secondary N) is 1. The van der Waals surface area contributed by atoms with Crippen LogP contribution in [0.5, 0.6) is 0 Å². The lowest BCUT2D eigenvalue weighted by Gasteiger charge is -2.10. The number of nitrogens with zero attached hydrogens (tertiary/aromatic N) is 2. The SMILES string of the molecule is CCCNCc1ccnn1Cc1ccc(C)c(C)c1. The first kappa shape index (κ1) is 13.8. The van der Waals surface area contributed by atoms with E-state index in [1.807, 2.05) is 6.20 Å². The van der Waals surface area contributed by atoms with Gasteiger partial charge in [-0.2, -0.15) is 5.10 Å². The first-order chi connectivity index (χ1) is 9.20. The van der Waals surface area contributed by atoms with Gasteiger partial charge in [-0.3, -0.25) is 4.68 Å². The molecule has 0 radical (unpaired) electrons. The summed E-state index contributed by atoms with van der Waals surface area (Å²) in [4.78, 5) is 0. The van der Waals surface area contributed by atoms with Gasteiger partial charge in [0, 0.05) is 12.7 Å². The van der Waals surface area contributed by atoms with Crippen molar-refractivity contribution in [1.82, 2.24) is 15.1 Å². The van der Waals surface area contributed by atoms with E-state index >= 15 is 0 Å². The van der Waals surface area contributed by atoms with Crippen molar-refractivity contribution in [2.75, 3.05) is 6.54 Å². The summed E-state index contributed by atoms with van der Waals surface area (Å²) in [7, 11) is 0. The molecule has 1 N–H and O–H groups in total. The second kappa shape index (κ2) is 6.53. The van der Waals surface area contributed by atoms with Gasteiger partial charge in [0.15, 0.2) is 0 Å². The number of rotatable bonds is 6. The lowest BCUT2D eigenvalue weighted by atomic mass is 10.1. The molecule has 0 aliphatic rings. The summed E-state index contributed by atoms with van der Waals surface area (Å²) in [5.74, 6) is 0. The van der Waals surface area contributed by atoms with Crippen LogP contribution in [-0.4, -0.2) is 16.3 Å². The van der Waals surface area contributed by atoms with Crippen LogP contribution in [-0.2, 0) is 13.1 Å². The van der Waals surface area contributed by atoms with E-state index < -0.39 is 0 Å². The molecule has 0 fully saturated rings. The molecule has 3 nitrogen and oxygen atoms in total. The second-order valence-corrected chi connectivity index (χ2v) is 5.08. The minimum atomic E-state index is 0.845. The number of aromatic nitrogens is 2. The Hall–Kier alpha value is -1.61. The third-order valence-corrected chi connectivity index (χ3v) is 3.44. The third kappa shape index (κ3) is 3.67. The van der Waals surface area contributed by atoms with Crippen molar-refractivity contribution in [2.45, 2.75) is 40.3 Å². The van der Waals surface area contributed by atoms with Crippen LogP contribution in [0, 0.1) is 13.8 Å². The molecule has 0 aliphatic heterocycles. The molecule has 102 valence electrons. The van der Waals surface area contributed by atoms with Crippen molar-refractivity contribution in [2.24, 2.45) is 0 Å². The molecule has 2 rings (SSSR count). The average Bonchev–Trinajstić information content (AvgIpc) is 2.82. The summed E-state index contributed by atoms with van der Waals surface area (Å²) in [6, 6.07) is 8.71. The maximum atomic E-state index is 4.42. The molecule has 0 aliphatic carbocycles. The molecule has 3 heteroatoms. The predicted molar refractivity (Wildman–Crippen MR) is 79.2 cm³/mol. The van der Waals surface area contributed by atoms with Gasteiger partial charge in [0.05, 0.1) is 12.2 Å². The second-order valence-electron chi connectivity index (χ2n) is 5.08. The molecule has 0 amide bonds. The van der Waals surface area contributed by atoms with Crippen LogP contribution in [0.3, 0.4) is 0 Å². The van der Waals surface area contributed by atoms with E-state index in [2.05, 4.69) is 60.1 Å². The van der Waals surface area contributed by atoms with Gasteiger partial charge in [-0.25, -0.2) is 0 Å². The van der Waals surface area contributed by atoms with Crippen LogP contribution < -0.4 is 5.32 Å². The van der Waals surface area contributed by atoms with Gasteiger partial charge in [-0.1, -0.05) is 25.1 Å². The molecule has 19 heavy (non-hydrogen) atoms. The van der Waals surface area contributed by atoms with Gasteiger partial charge >= 0.3 is 0 Å². The largest absolute Gasteiger partial charge is 0.311 e. The number of hydrogen-bond acceptors (Lipinski definition) is 2. The molecule has 0 saturated carbocycles. The first-order valence-corrected chi connectivity index (χ1v) is 6.98. The maximum Gasteiger partial charge on any atom is 0.0663 e. The highest BCUT2D eigenvalue weighted by atomic mass is 15.3. The van der Waals surface area contributed by atoms with Crippen LogP contribution >= 0.6 is 0 Å². The molecule has 0 spiro atoms. The van der Waals surface area contributed by atoms with E-state index in [0.717, 1.165) is 26.1 Å². The van der Waals surface area contributed by atoms with E-state index in [9.17, 15) is 0 Å². The Morgan fingerprint density at radius 3 is 2.74 bits per heavy atom. The molecule has 0 saturated heterocycles. The topological polar surface area (TPSA) is 29.9 Å². The fraction of sp³-hybridized carbons (Fsp3) is 0.438. The summed E-state index contributed by atoms with van der Waals surface area (Å²) in [5.41, 5.74) is 5.24. The fourth-order valence-corrected chi connectivity index (χ4v) is 2.12. The quantitative estimate of drug-likeness (QED) is 0.806. The average molecular weight is 257 g/mol.